The van der Waals surface area contributed by atoms with Gasteiger partial charge < -0.3 is 19.3 Å². The molecule has 0 bridgehead atoms. The van der Waals surface area contributed by atoms with Crippen molar-refractivity contribution >= 4 is 17.5 Å². The Hall–Kier alpha value is -3.09. The first-order valence-electron chi connectivity index (χ1n) is 8.97. The standard InChI is InChI=1S/C20H21N3O4/c1-22(13-15-4-2-3-7-21-15)20(25)14-10-19(24)23(12-14)16-5-6-17-18(11-16)27-9-8-26-17/h2-7,11,14H,8-10,12-13H2,1H3. The van der Waals surface area contributed by atoms with Crippen molar-refractivity contribution in [3.8, 4) is 11.5 Å². The van der Waals surface area contributed by atoms with E-state index in [9.17, 15) is 9.59 Å². The monoisotopic (exact) mass is 367 g/mol. The van der Waals surface area contributed by atoms with Crippen LogP contribution in [0.1, 0.15) is 12.1 Å². The highest BCUT2D eigenvalue weighted by Gasteiger charge is 2.37. The molecule has 1 atom stereocenters. The first-order chi connectivity index (χ1) is 13.1. The van der Waals surface area contributed by atoms with Gasteiger partial charge in [-0.05, 0) is 24.3 Å². The van der Waals surface area contributed by atoms with Crippen LogP contribution >= 0.6 is 0 Å². The molecule has 1 saturated heterocycles. The van der Waals surface area contributed by atoms with E-state index in [1.165, 1.54) is 0 Å². The Kier molecular flexibility index (Phi) is 4.66. The van der Waals surface area contributed by atoms with Crippen molar-refractivity contribution in [1.29, 1.82) is 0 Å². The molecule has 0 aliphatic carbocycles. The lowest BCUT2D eigenvalue weighted by molar-refractivity contribution is -0.135. The average Bonchev–Trinajstić information content (AvgIpc) is 3.09. The van der Waals surface area contributed by atoms with Gasteiger partial charge in [0.1, 0.15) is 13.2 Å². The highest BCUT2D eigenvalue weighted by molar-refractivity contribution is 6.00. The van der Waals surface area contributed by atoms with E-state index in [-0.39, 0.29) is 24.2 Å². The summed E-state index contributed by atoms with van der Waals surface area (Å²) in [5.74, 6) is 0.845. The summed E-state index contributed by atoms with van der Waals surface area (Å²) in [5.41, 5.74) is 1.55. The number of hydrogen-bond acceptors (Lipinski definition) is 5. The fraction of sp³-hybridized carbons (Fsp3) is 0.350. The summed E-state index contributed by atoms with van der Waals surface area (Å²) in [6.07, 6.45) is 1.91. The Morgan fingerprint density at radius 1 is 1.22 bits per heavy atom. The van der Waals surface area contributed by atoms with Crippen LogP contribution in [0.2, 0.25) is 0 Å². The molecule has 0 spiro atoms. The molecule has 1 fully saturated rings. The quantitative estimate of drug-likeness (QED) is 0.825. The predicted molar refractivity (Wildman–Crippen MR) is 98.6 cm³/mol. The summed E-state index contributed by atoms with van der Waals surface area (Å²) in [6.45, 7) is 1.80. The zero-order valence-electron chi connectivity index (χ0n) is 15.1. The molecule has 1 unspecified atom stereocenters. The van der Waals surface area contributed by atoms with Gasteiger partial charge in [-0.3, -0.25) is 14.6 Å². The maximum atomic E-state index is 12.8. The van der Waals surface area contributed by atoms with E-state index in [0.717, 1.165) is 11.4 Å². The van der Waals surface area contributed by atoms with Crippen LogP contribution in [-0.4, -0.2) is 48.5 Å². The Bertz CT molecular complexity index is 856. The van der Waals surface area contributed by atoms with Gasteiger partial charge in [0.05, 0.1) is 18.2 Å². The van der Waals surface area contributed by atoms with E-state index in [2.05, 4.69) is 4.98 Å². The molecule has 2 aromatic rings. The van der Waals surface area contributed by atoms with Crippen LogP contribution in [0.5, 0.6) is 11.5 Å². The van der Waals surface area contributed by atoms with Gasteiger partial charge >= 0.3 is 0 Å². The number of hydrogen-bond donors (Lipinski definition) is 0. The number of fused-ring (bicyclic) bond motifs is 1. The number of amides is 2. The molecule has 2 aliphatic heterocycles. The Morgan fingerprint density at radius 3 is 2.81 bits per heavy atom. The smallest absolute Gasteiger partial charge is 0.228 e. The minimum atomic E-state index is -0.362. The number of carbonyl (C=O) groups is 2. The second-order valence-electron chi connectivity index (χ2n) is 6.75. The van der Waals surface area contributed by atoms with E-state index in [0.29, 0.717) is 37.8 Å². The van der Waals surface area contributed by atoms with E-state index < -0.39 is 0 Å². The number of nitrogens with zero attached hydrogens (tertiary/aromatic N) is 3. The van der Waals surface area contributed by atoms with Gasteiger partial charge in [0.15, 0.2) is 11.5 Å². The lowest BCUT2D eigenvalue weighted by atomic mass is 10.1. The zero-order valence-corrected chi connectivity index (χ0v) is 15.1. The largest absolute Gasteiger partial charge is 0.486 e. The van der Waals surface area contributed by atoms with Crippen LogP contribution < -0.4 is 14.4 Å². The summed E-state index contributed by atoms with van der Waals surface area (Å²) >= 11 is 0. The van der Waals surface area contributed by atoms with Gasteiger partial charge in [0, 0.05) is 38.0 Å². The summed E-state index contributed by atoms with van der Waals surface area (Å²) in [6, 6.07) is 11.0. The van der Waals surface area contributed by atoms with Crippen LogP contribution in [0, 0.1) is 5.92 Å². The van der Waals surface area contributed by atoms with Crippen molar-refractivity contribution in [2.45, 2.75) is 13.0 Å². The average molecular weight is 367 g/mol. The molecule has 140 valence electrons. The molecule has 0 N–H and O–H groups in total. The minimum Gasteiger partial charge on any atom is -0.486 e. The van der Waals surface area contributed by atoms with E-state index in [4.69, 9.17) is 9.47 Å². The third kappa shape index (κ3) is 3.58. The van der Waals surface area contributed by atoms with Crippen LogP contribution in [0.15, 0.2) is 42.6 Å². The number of pyridine rings is 1. The highest BCUT2D eigenvalue weighted by Crippen LogP contribution is 2.36. The molecule has 2 amide bonds. The van der Waals surface area contributed by atoms with Crippen molar-refractivity contribution in [2.75, 3.05) is 31.7 Å². The van der Waals surface area contributed by atoms with Crippen LogP contribution in [0.25, 0.3) is 0 Å². The molecule has 2 aliphatic rings. The van der Waals surface area contributed by atoms with Crippen molar-refractivity contribution in [3.63, 3.8) is 0 Å². The maximum Gasteiger partial charge on any atom is 0.228 e. The number of benzene rings is 1. The SMILES string of the molecule is CN(Cc1ccccn1)C(=O)C1CC(=O)N(c2ccc3c(c2)OCCO3)C1. The van der Waals surface area contributed by atoms with E-state index in [1.54, 1.807) is 35.2 Å². The molecule has 1 aromatic heterocycles. The summed E-state index contributed by atoms with van der Waals surface area (Å²) in [4.78, 5) is 32.8. The Morgan fingerprint density at radius 2 is 2.04 bits per heavy atom. The van der Waals surface area contributed by atoms with Gasteiger partial charge in [-0.1, -0.05) is 6.07 Å². The number of rotatable bonds is 4. The van der Waals surface area contributed by atoms with Gasteiger partial charge in [0.25, 0.3) is 0 Å². The fourth-order valence-corrected chi connectivity index (χ4v) is 3.45. The summed E-state index contributed by atoms with van der Waals surface area (Å²) in [7, 11) is 1.74. The van der Waals surface area contributed by atoms with Crippen molar-refractivity contribution in [3.05, 3.63) is 48.3 Å². The second-order valence-corrected chi connectivity index (χ2v) is 6.75. The van der Waals surface area contributed by atoms with Crippen LogP contribution in [0.3, 0.4) is 0 Å². The first kappa shape index (κ1) is 17.3. The Labute approximate surface area is 157 Å². The summed E-state index contributed by atoms with van der Waals surface area (Å²) < 4.78 is 11.1. The normalized spacial score (nSPS) is 18.5. The topological polar surface area (TPSA) is 72.0 Å². The molecule has 1 aromatic carbocycles. The van der Waals surface area contributed by atoms with Crippen LogP contribution in [0.4, 0.5) is 5.69 Å². The third-order valence-corrected chi connectivity index (χ3v) is 4.81. The van der Waals surface area contributed by atoms with Crippen molar-refractivity contribution in [1.82, 2.24) is 9.88 Å². The Balaban J connectivity index is 1.45. The molecule has 4 rings (SSSR count). The van der Waals surface area contributed by atoms with Gasteiger partial charge in [-0.15, -0.1) is 0 Å². The van der Waals surface area contributed by atoms with Crippen molar-refractivity contribution in [2.24, 2.45) is 5.92 Å². The van der Waals surface area contributed by atoms with Crippen molar-refractivity contribution < 1.29 is 19.1 Å². The maximum absolute atomic E-state index is 12.8. The third-order valence-electron chi connectivity index (χ3n) is 4.81. The molecule has 27 heavy (non-hydrogen) atoms. The van der Waals surface area contributed by atoms with Gasteiger partial charge in [0.2, 0.25) is 11.8 Å². The van der Waals surface area contributed by atoms with E-state index >= 15 is 0 Å². The molecule has 0 saturated carbocycles. The second kappa shape index (κ2) is 7.26. The van der Waals surface area contributed by atoms with Gasteiger partial charge in [-0.2, -0.15) is 0 Å². The molecule has 7 nitrogen and oxygen atoms in total. The van der Waals surface area contributed by atoms with E-state index in [1.807, 2.05) is 24.3 Å². The fourth-order valence-electron chi connectivity index (χ4n) is 3.45. The number of carbonyl (C=O) groups excluding carboxylic acids is 2. The molecule has 0 radical (unpaired) electrons. The number of ether oxygens (including phenoxy) is 2. The zero-order chi connectivity index (χ0) is 18.8. The first-order valence-corrected chi connectivity index (χ1v) is 8.97. The molecule has 7 heteroatoms. The lowest BCUT2D eigenvalue weighted by Gasteiger charge is -2.23. The van der Waals surface area contributed by atoms with Gasteiger partial charge in [-0.25, -0.2) is 0 Å². The number of anilines is 1. The molecular formula is C20H21N3O4. The molecule has 3 heterocycles. The lowest BCUT2D eigenvalue weighted by Crippen LogP contribution is -2.34. The van der Waals surface area contributed by atoms with Crippen LogP contribution in [-0.2, 0) is 16.1 Å². The highest BCUT2D eigenvalue weighted by atomic mass is 16.6. The predicted octanol–water partition coefficient (Wildman–Crippen LogP) is 1.86. The molecular weight excluding hydrogens is 346 g/mol. The summed E-state index contributed by atoms with van der Waals surface area (Å²) in [5, 5.41) is 0. The number of aromatic nitrogens is 1. The minimum absolute atomic E-state index is 0.0472.